The van der Waals surface area contributed by atoms with Crippen LogP contribution < -0.4 is 5.32 Å². The first-order chi connectivity index (χ1) is 15.3. The number of benzene rings is 1. The second kappa shape index (κ2) is 9.13. The summed E-state index contributed by atoms with van der Waals surface area (Å²) in [5.74, 6) is 0.255. The Balaban J connectivity index is 1.52. The van der Waals surface area contributed by atoms with Crippen molar-refractivity contribution in [2.45, 2.75) is 44.9 Å². The molecular weight excluding hydrogens is 448 g/mol. The van der Waals surface area contributed by atoms with E-state index >= 15 is 0 Å². The molecule has 32 heavy (non-hydrogen) atoms. The Kier molecular flexibility index (Phi) is 6.45. The smallest absolute Gasteiger partial charge is 0.244 e. The van der Waals surface area contributed by atoms with Crippen LogP contribution in [0.5, 0.6) is 0 Å². The first-order valence-electron chi connectivity index (χ1n) is 10.6. The van der Waals surface area contributed by atoms with Crippen LogP contribution in [0.4, 0.5) is 5.69 Å². The number of hydrogen-bond donors (Lipinski definition) is 1. The van der Waals surface area contributed by atoms with Gasteiger partial charge in [-0.3, -0.25) is 4.79 Å². The van der Waals surface area contributed by atoms with Gasteiger partial charge in [-0.1, -0.05) is 30.3 Å². The number of nitrogens with one attached hydrogen (secondary N) is 1. The summed E-state index contributed by atoms with van der Waals surface area (Å²) in [6, 6.07) is 9.28. The van der Waals surface area contributed by atoms with Crippen molar-refractivity contribution in [3.63, 3.8) is 0 Å². The van der Waals surface area contributed by atoms with Crippen LogP contribution in [-0.2, 0) is 21.2 Å². The van der Waals surface area contributed by atoms with Crippen molar-refractivity contribution in [2.24, 2.45) is 5.92 Å². The molecular formula is C22H26N4O4S2. The number of aromatic nitrogens is 2. The maximum atomic E-state index is 13.4. The van der Waals surface area contributed by atoms with Crippen LogP contribution in [0.2, 0.25) is 0 Å². The van der Waals surface area contributed by atoms with E-state index in [0.717, 1.165) is 17.7 Å². The molecule has 0 unspecified atom stereocenters. The number of carbonyl (C=O) groups excluding carboxylic acids is 1. The molecule has 1 saturated heterocycles. The molecule has 3 aromatic rings. The minimum atomic E-state index is -3.75. The molecule has 0 spiro atoms. The molecule has 1 amide bonds. The monoisotopic (exact) mass is 474 g/mol. The number of aryl methyl sites for hydroxylation is 3. The molecule has 1 N–H and O–H groups in total. The highest BCUT2D eigenvalue weighted by atomic mass is 32.2. The van der Waals surface area contributed by atoms with Gasteiger partial charge in [-0.15, -0.1) is 11.3 Å². The van der Waals surface area contributed by atoms with Gasteiger partial charge in [0.25, 0.3) is 0 Å². The van der Waals surface area contributed by atoms with Crippen molar-refractivity contribution in [3.05, 3.63) is 46.7 Å². The normalized spacial score (nSPS) is 17.4. The summed E-state index contributed by atoms with van der Waals surface area (Å²) in [6.45, 7) is 6.04. The van der Waals surface area contributed by atoms with Crippen LogP contribution in [0.25, 0.3) is 10.7 Å². The summed E-state index contributed by atoms with van der Waals surface area (Å²) in [5.41, 5.74) is 1.84. The Labute approximate surface area is 191 Å². The Morgan fingerprint density at radius 3 is 2.81 bits per heavy atom. The van der Waals surface area contributed by atoms with E-state index in [9.17, 15) is 13.2 Å². The molecule has 170 valence electrons. The third-order valence-electron chi connectivity index (χ3n) is 5.65. The lowest BCUT2D eigenvalue weighted by Crippen LogP contribution is -2.43. The molecule has 4 rings (SSSR count). The number of sulfonamides is 1. The zero-order chi connectivity index (χ0) is 22.9. The van der Waals surface area contributed by atoms with Crippen LogP contribution in [0.15, 0.2) is 39.8 Å². The fourth-order valence-corrected chi connectivity index (χ4v) is 6.94. The van der Waals surface area contributed by atoms with E-state index in [1.165, 1.54) is 15.6 Å². The topological polar surface area (TPSA) is 105 Å². The van der Waals surface area contributed by atoms with Gasteiger partial charge in [0.2, 0.25) is 27.6 Å². The van der Waals surface area contributed by atoms with Gasteiger partial charge in [0, 0.05) is 30.6 Å². The SMILES string of the molecule is CCc1ccccc1NC(=O)[C@H]1CCCN(S(=O)(=O)c2cc(-c3noc(C)n3)sc2C)C1. The van der Waals surface area contributed by atoms with E-state index in [1.807, 2.05) is 31.2 Å². The average Bonchev–Trinajstić information content (AvgIpc) is 3.40. The van der Waals surface area contributed by atoms with Crippen LogP contribution >= 0.6 is 11.3 Å². The third-order valence-corrected chi connectivity index (χ3v) is 8.82. The maximum Gasteiger partial charge on any atom is 0.244 e. The number of anilines is 1. The molecule has 1 atom stereocenters. The lowest BCUT2D eigenvalue weighted by Gasteiger charge is -2.31. The summed E-state index contributed by atoms with van der Waals surface area (Å²) in [6.07, 6.45) is 2.09. The highest BCUT2D eigenvalue weighted by molar-refractivity contribution is 7.89. The molecule has 8 nitrogen and oxygen atoms in total. The minimum absolute atomic E-state index is 0.143. The molecule has 10 heteroatoms. The van der Waals surface area contributed by atoms with Gasteiger partial charge in [-0.25, -0.2) is 8.42 Å². The van der Waals surface area contributed by atoms with E-state index in [1.54, 1.807) is 19.9 Å². The number of carbonyl (C=O) groups is 1. The lowest BCUT2D eigenvalue weighted by molar-refractivity contribution is -0.120. The number of amides is 1. The summed E-state index contributed by atoms with van der Waals surface area (Å²) in [7, 11) is -3.75. The van der Waals surface area contributed by atoms with Gasteiger partial charge in [-0.05, 0) is 43.9 Å². The Bertz CT molecular complexity index is 1230. The van der Waals surface area contributed by atoms with Crippen molar-refractivity contribution < 1.29 is 17.7 Å². The maximum absolute atomic E-state index is 13.4. The molecule has 0 aliphatic carbocycles. The minimum Gasteiger partial charge on any atom is -0.339 e. The Hall–Kier alpha value is -2.56. The largest absolute Gasteiger partial charge is 0.339 e. The number of para-hydroxylation sites is 1. The molecule has 2 aromatic heterocycles. The summed E-state index contributed by atoms with van der Waals surface area (Å²) >= 11 is 1.31. The molecule has 1 aliphatic rings. The van der Waals surface area contributed by atoms with Crippen molar-refractivity contribution >= 4 is 33.0 Å². The third kappa shape index (κ3) is 4.48. The number of nitrogens with zero attached hydrogens (tertiary/aromatic N) is 3. The van der Waals surface area contributed by atoms with Crippen LogP contribution in [0, 0.1) is 19.8 Å². The predicted molar refractivity (Wildman–Crippen MR) is 123 cm³/mol. The fourth-order valence-electron chi connectivity index (χ4n) is 3.93. The number of rotatable bonds is 6. The standard InChI is InChI=1S/C22H26N4O4S2/c1-4-16-8-5-6-10-18(16)24-22(27)17-9-7-11-26(13-17)32(28,29)20-12-19(31-14(20)2)21-23-15(3)30-25-21/h5-6,8,10,12,17H,4,7,9,11,13H2,1-3H3,(H,24,27)/t17-/m0/s1. The molecule has 0 saturated carbocycles. The number of hydrogen-bond acceptors (Lipinski definition) is 7. The van der Waals surface area contributed by atoms with Crippen molar-refractivity contribution in [1.29, 1.82) is 0 Å². The molecule has 1 fully saturated rings. The number of thiophene rings is 1. The zero-order valence-electron chi connectivity index (χ0n) is 18.3. The summed E-state index contributed by atoms with van der Waals surface area (Å²) in [4.78, 5) is 18.7. The Morgan fingerprint density at radius 2 is 2.09 bits per heavy atom. The van der Waals surface area contributed by atoms with Gasteiger partial charge in [0.1, 0.15) is 0 Å². The summed E-state index contributed by atoms with van der Waals surface area (Å²) < 4.78 is 33.3. The van der Waals surface area contributed by atoms with Crippen molar-refractivity contribution in [3.8, 4) is 10.7 Å². The number of piperidine rings is 1. The van der Waals surface area contributed by atoms with E-state index in [4.69, 9.17) is 4.52 Å². The van der Waals surface area contributed by atoms with Crippen LogP contribution in [-0.4, -0.2) is 41.9 Å². The first-order valence-corrected chi connectivity index (χ1v) is 12.8. The molecule has 1 aromatic carbocycles. The first kappa shape index (κ1) is 22.6. The highest BCUT2D eigenvalue weighted by Crippen LogP contribution is 2.35. The molecule has 0 bridgehead atoms. The molecule has 1 aliphatic heterocycles. The van der Waals surface area contributed by atoms with Crippen LogP contribution in [0.3, 0.4) is 0 Å². The molecule has 3 heterocycles. The van der Waals surface area contributed by atoms with Gasteiger partial charge in [0.05, 0.1) is 15.7 Å². The predicted octanol–water partition coefficient (Wildman–Crippen LogP) is 4.02. The lowest BCUT2D eigenvalue weighted by atomic mass is 9.98. The molecule has 0 radical (unpaired) electrons. The van der Waals surface area contributed by atoms with E-state index in [0.29, 0.717) is 40.9 Å². The van der Waals surface area contributed by atoms with E-state index in [2.05, 4.69) is 15.5 Å². The van der Waals surface area contributed by atoms with Crippen molar-refractivity contribution in [1.82, 2.24) is 14.4 Å². The second-order valence-electron chi connectivity index (χ2n) is 7.87. The van der Waals surface area contributed by atoms with Crippen LogP contribution in [0.1, 0.15) is 36.1 Å². The van der Waals surface area contributed by atoms with Gasteiger partial charge < -0.3 is 9.84 Å². The van der Waals surface area contributed by atoms with Crippen molar-refractivity contribution in [2.75, 3.05) is 18.4 Å². The van der Waals surface area contributed by atoms with Gasteiger partial charge in [0.15, 0.2) is 0 Å². The van der Waals surface area contributed by atoms with Gasteiger partial charge >= 0.3 is 0 Å². The Morgan fingerprint density at radius 1 is 1.31 bits per heavy atom. The highest BCUT2D eigenvalue weighted by Gasteiger charge is 2.35. The van der Waals surface area contributed by atoms with E-state index < -0.39 is 15.9 Å². The average molecular weight is 475 g/mol. The van der Waals surface area contributed by atoms with E-state index in [-0.39, 0.29) is 17.3 Å². The quantitative estimate of drug-likeness (QED) is 0.579. The second-order valence-corrected chi connectivity index (χ2v) is 11.0. The fraction of sp³-hybridized carbons (Fsp3) is 0.409. The van der Waals surface area contributed by atoms with Gasteiger partial charge in [-0.2, -0.15) is 9.29 Å². The zero-order valence-corrected chi connectivity index (χ0v) is 19.9. The summed E-state index contributed by atoms with van der Waals surface area (Å²) in [5, 5.41) is 6.88.